The number of halogens is 2. The molecule has 0 spiro atoms. The first kappa shape index (κ1) is 15.9. The van der Waals surface area contributed by atoms with Crippen molar-refractivity contribution in [1.82, 2.24) is 4.57 Å². The maximum atomic E-state index is 13.3. The lowest BCUT2D eigenvalue weighted by Crippen LogP contribution is -2.19. The van der Waals surface area contributed by atoms with Crippen molar-refractivity contribution in [1.29, 1.82) is 0 Å². The fraction of sp³-hybridized carbons (Fsp3) is 0.0625. The van der Waals surface area contributed by atoms with E-state index in [0.717, 1.165) is 10.6 Å². The fourth-order valence-corrected chi connectivity index (χ4v) is 2.57. The van der Waals surface area contributed by atoms with Gasteiger partial charge in [0.2, 0.25) is 0 Å². The largest absolute Gasteiger partial charge is 0.480 e. The number of hydrogen-bond donors (Lipinski definition) is 1. The van der Waals surface area contributed by atoms with Crippen LogP contribution < -0.4 is 5.76 Å². The topological polar surface area (TPSA) is 89.5 Å². The summed E-state index contributed by atoms with van der Waals surface area (Å²) in [6.07, 6.45) is 0. The third-order valence-corrected chi connectivity index (χ3v) is 3.69. The summed E-state index contributed by atoms with van der Waals surface area (Å²) < 4.78 is 19.1. The molecule has 0 atom stereocenters. The number of carbonyl (C=O) groups is 2. The maximum Gasteiger partial charge on any atom is 0.420 e. The summed E-state index contributed by atoms with van der Waals surface area (Å²) >= 11 is 6.09. The second-order valence-electron chi connectivity index (χ2n) is 4.99. The normalized spacial score (nSPS) is 10.9. The van der Waals surface area contributed by atoms with Gasteiger partial charge < -0.3 is 9.52 Å². The lowest BCUT2D eigenvalue weighted by Gasteiger charge is -2.05. The summed E-state index contributed by atoms with van der Waals surface area (Å²) in [4.78, 5) is 35.0. The van der Waals surface area contributed by atoms with Crippen LogP contribution >= 0.6 is 11.6 Å². The van der Waals surface area contributed by atoms with E-state index in [2.05, 4.69) is 0 Å². The molecule has 0 saturated heterocycles. The van der Waals surface area contributed by atoms with Crippen molar-refractivity contribution in [3.05, 3.63) is 68.9 Å². The molecule has 0 radical (unpaired) electrons. The third-order valence-electron chi connectivity index (χ3n) is 3.38. The Morgan fingerprint density at radius 1 is 1.25 bits per heavy atom. The standard InChI is InChI=1S/C16H9ClFNO5/c17-11-6-12-13(24-16(23)19(12)7-14(20)21)5-10(11)15(22)8-2-1-3-9(18)4-8/h1-6H,7H2,(H,20,21). The second-order valence-corrected chi connectivity index (χ2v) is 5.39. The summed E-state index contributed by atoms with van der Waals surface area (Å²) in [6.45, 7) is -0.598. The molecular weight excluding hydrogens is 341 g/mol. The summed E-state index contributed by atoms with van der Waals surface area (Å²) in [7, 11) is 0. The van der Waals surface area contributed by atoms with Gasteiger partial charge in [0.05, 0.1) is 10.5 Å². The molecule has 0 fully saturated rings. The molecular formula is C16H9ClFNO5. The molecule has 122 valence electrons. The number of oxazole rings is 1. The quantitative estimate of drug-likeness (QED) is 0.731. The van der Waals surface area contributed by atoms with E-state index in [-0.39, 0.29) is 27.2 Å². The molecule has 0 saturated carbocycles. The number of ketones is 1. The first-order valence-corrected chi connectivity index (χ1v) is 7.09. The van der Waals surface area contributed by atoms with Crippen LogP contribution in [0.5, 0.6) is 0 Å². The van der Waals surface area contributed by atoms with Crippen molar-refractivity contribution >= 4 is 34.5 Å². The Hall–Kier alpha value is -2.93. The minimum Gasteiger partial charge on any atom is -0.480 e. The zero-order valence-corrected chi connectivity index (χ0v) is 12.7. The molecule has 2 aromatic carbocycles. The van der Waals surface area contributed by atoms with E-state index < -0.39 is 29.9 Å². The van der Waals surface area contributed by atoms with Crippen molar-refractivity contribution in [3.63, 3.8) is 0 Å². The highest BCUT2D eigenvalue weighted by atomic mass is 35.5. The number of carboxylic acid groups (broad SMARTS) is 1. The maximum absolute atomic E-state index is 13.3. The van der Waals surface area contributed by atoms with E-state index in [9.17, 15) is 18.8 Å². The minimum atomic E-state index is -1.23. The van der Waals surface area contributed by atoms with E-state index >= 15 is 0 Å². The first-order valence-electron chi connectivity index (χ1n) is 6.72. The van der Waals surface area contributed by atoms with Gasteiger partial charge in [0.1, 0.15) is 12.4 Å². The van der Waals surface area contributed by atoms with E-state index in [1.807, 2.05) is 0 Å². The summed E-state index contributed by atoms with van der Waals surface area (Å²) in [5, 5.41) is 8.83. The number of carboxylic acids is 1. The van der Waals surface area contributed by atoms with Gasteiger partial charge in [-0.1, -0.05) is 23.7 Å². The van der Waals surface area contributed by atoms with E-state index in [4.69, 9.17) is 21.1 Å². The van der Waals surface area contributed by atoms with Crippen LogP contribution in [0.2, 0.25) is 5.02 Å². The molecule has 0 aliphatic carbocycles. The molecule has 1 N–H and O–H groups in total. The lowest BCUT2D eigenvalue weighted by atomic mass is 10.0. The van der Waals surface area contributed by atoms with E-state index in [1.165, 1.54) is 30.3 Å². The van der Waals surface area contributed by atoms with Crippen LogP contribution in [0.15, 0.2) is 45.6 Å². The van der Waals surface area contributed by atoms with E-state index in [0.29, 0.717) is 0 Å². The number of nitrogens with zero attached hydrogens (tertiary/aromatic N) is 1. The predicted octanol–water partition coefficient (Wildman–Crippen LogP) is 2.70. The van der Waals surface area contributed by atoms with E-state index in [1.54, 1.807) is 0 Å². The molecule has 24 heavy (non-hydrogen) atoms. The van der Waals surface area contributed by atoms with Crippen molar-refractivity contribution in [3.8, 4) is 0 Å². The zero-order valence-electron chi connectivity index (χ0n) is 12.0. The van der Waals surface area contributed by atoms with Crippen molar-refractivity contribution < 1.29 is 23.5 Å². The number of rotatable bonds is 4. The Bertz CT molecular complexity index is 1040. The summed E-state index contributed by atoms with van der Waals surface area (Å²) in [5.41, 5.74) is 0.281. The van der Waals surface area contributed by atoms with Gasteiger partial charge in [-0.05, 0) is 24.3 Å². The minimum absolute atomic E-state index is 0.00306. The fourth-order valence-electron chi connectivity index (χ4n) is 2.33. The molecule has 6 nitrogen and oxygen atoms in total. The highest BCUT2D eigenvalue weighted by molar-refractivity contribution is 6.35. The van der Waals surface area contributed by atoms with Crippen LogP contribution in [0, 0.1) is 5.82 Å². The molecule has 1 aromatic heterocycles. The average molecular weight is 350 g/mol. The van der Waals surface area contributed by atoms with Gasteiger partial charge in [0.15, 0.2) is 11.4 Å². The van der Waals surface area contributed by atoms with Gasteiger partial charge in [0.25, 0.3) is 0 Å². The molecule has 0 unspecified atom stereocenters. The highest BCUT2D eigenvalue weighted by Gasteiger charge is 2.19. The van der Waals surface area contributed by atoms with Gasteiger partial charge in [-0.25, -0.2) is 9.18 Å². The Morgan fingerprint density at radius 2 is 2.00 bits per heavy atom. The Labute approximate surface area is 138 Å². The number of benzene rings is 2. The highest BCUT2D eigenvalue weighted by Crippen LogP contribution is 2.26. The number of hydrogen-bond acceptors (Lipinski definition) is 4. The van der Waals surface area contributed by atoms with Crippen LogP contribution in [0.4, 0.5) is 4.39 Å². The number of carbonyl (C=O) groups excluding carboxylic acids is 1. The third kappa shape index (κ3) is 2.81. The van der Waals surface area contributed by atoms with Gasteiger partial charge in [0, 0.05) is 11.1 Å². The molecule has 0 aliphatic rings. The lowest BCUT2D eigenvalue weighted by molar-refractivity contribution is -0.137. The molecule has 3 aromatic rings. The van der Waals surface area contributed by atoms with Gasteiger partial charge >= 0.3 is 11.7 Å². The zero-order chi connectivity index (χ0) is 17.4. The number of aromatic nitrogens is 1. The second kappa shape index (κ2) is 5.93. The van der Waals surface area contributed by atoms with Gasteiger partial charge in [-0.15, -0.1) is 0 Å². The average Bonchev–Trinajstić information content (AvgIpc) is 2.81. The first-order chi connectivity index (χ1) is 11.4. The molecule has 0 aliphatic heterocycles. The number of aliphatic carboxylic acids is 1. The molecule has 0 bridgehead atoms. The summed E-state index contributed by atoms with van der Waals surface area (Å²) in [6, 6.07) is 7.60. The monoisotopic (exact) mass is 349 g/mol. The Morgan fingerprint density at radius 3 is 2.67 bits per heavy atom. The molecule has 0 amide bonds. The molecule has 8 heteroatoms. The van der Waals surface area contributed by atoms with Crippen molar-refractivity contribution in [2.45, 2.75) is 6.54 Å². The molecule has 1 heterocycles. The van der Waals surface area contributed by atoms with Gasteiger partial charge in [-0.2, -0.15) is 0 Å². The van der Waals surface area contributed by atoms with Crippen LogP contribution in [0.1, 0.15) is 15.9 Å². The number of fused-ring (bicyclic) bond motifs is 1. The predicted molar refractivity (Wildman–Crippen MR) is 83.0 cm³/mol. The Balaban J connectivity index is 2.14. The van der Waals surface area contributed by atoms with Gasteiger partial charge in [-0.3, -0.25) is 14.2 Å². The smallest absolute Gasteiger partial charge is 0.420 e. The van der Waals surface area contributed by atoms with Crippen molar-refractivity contribution in [2.24, 2.45) is 0 Å². The Kier molecular flexibility index (Phi) is 3.94. The summed E-state index contributed by atoms with van der Waals surface area (Å²) in [5.74, 6) is -3.22. The van der Waals surface area contributed by atoms with Crippen LogP contribution in [0.25, 0.3) is 11.1 Å². The van der Waals surface area contributed by atoms with Crippen LogP contribution in [0.3, 0.4) is 0 Å². The molecule has 3 rings (SSSR count). The van der Waals surface area contributed by atoms with Crippen LogP contribution in [-0.4, -0.2) is 21.4 Å². The van der Waals surface area contributed by atoms with Crippen LogP contribution in [-0.2, 0) is 11.3 Å². The SMILES string of the molecule is O=C(O)Cn1c(=O)oc2cc(C(=O)c3cccc(F)c3)c(Cl)cc21. The van der Waals surface area contributed by atoms with Crippen molar-refractivity contribution in [2.75, 3.05) is 0 Å².